The molecule has 0 aromatic heterocycles. The Morgan fingerprint density at radius 1 is 1.54 bits per heavy atom. The minimum atomic E-state index is -0.659. The van der Waals surface area contributed by atoms with Crippen molar-refractivity contribution in [2.75, 3.05) is 0 Å². The highest BCUT2D eigenvalue weighted by Gasteiger charge is 2.19. The lowest BCUT2D eigenvalue weighted by molar-refractivity contribution is -0.385. The minimum absolute atomic E-state index is 0.0479. The van der Waals surface area contributed by atoms with E-state index in [0.717, 1.165) is 0 Å². The van der Waals surface area contributed by atoms with Crippen molar-refractivity contribution in [2.45, 2.75) is 13.8 Å². The zero-order valence-electron chi connectivity index (χ0n) is 7.17. The van der Waals surface area contributed by atoms with Gasteiger partial charge in [0.25, 0.3) is 0 Å². The van der Waals surface area contributed by atoms with Gasteiger partial charge in [-0.25, -0.2) is 0 Å². The van der Waals surface area contributed by atoms with E-state index in [0.29, 0.717) is 11.1 Å². The smallest absolute Gasteiger partial charge is 0.312 e. The summed E-state index contributed by atoms with van der Waals surface area (Å²) in [7, 11) is 0. The van der Waals surface area contributed by atoms with Crippen LogP contribution in [-0.4, -0.2) is 10.0 Å². The minimum Gasteiger partial charge on any atom is -0.501 e. The molecule has 5 heteroatoms. The molecule has 0 saturated heterocycles. The van der Waals surface area contributed by atoms with E-state index < -0.39 is 10.7 Å². The molecule has 13 heavy (non-hydrogen) atoms. The summed E-state index contributed by atoms with van der Waals surface area (Å²) in [6, 6.07) is 1.30. The first kappa shape index (κ1) is 9.80. The quantitative estimate of drug-likeness (QED) is 0.561. The number of nitrogens with zero attached hydrogens (tertiary/aromatic N) is 1. The van der Waals surface area contributed by atoms with Gasteiger partial charge in [0.2, 0.25) is 5.75 Å². The van der Waals surface area contributed by atoms with E-state index in [1.807, 2.05) is 0 Å². The first-order chi connectivity index (χ1) is 5.95. The van der Waals surface area contributed by atoms with Gasteiger partial charge in [0.05, 0.1) is 9.95 Å². The average molecular weight is 202 g/mol. The summed E-state index contributed by atoms with van der Waals surface area (Å²) in [6.07, 6.45) is 0. The molecule has 0 fully saturated rings. The Morgan fingerprint density at radius 3 is 2.54 bits per heavy atom. The second-order valence-corrected chi connectivity index (χ2v) is 3.14. The number of nitro benzene ring substituents is 1. The predicted octanol–water partition coefficient (Wildman–Crippen LogP) is 2.57. The summed E-state index contributed by atoms with van der Waals surface area (Å²) in [6.45, 7) is 3.40. The Bertz CT molecular complexity index is 376. The van der Waals surface area contributed by atoms with Crippen molar-refractivity contribution < 1.29 is 10.0 Å². The summed E-state index contributed by atoms with van der Waals surface area (Å²) in [5.74, 6) is -0.463. The van der Waals surface area contributed by atoms with E-state index in [-0.39, 0.29) is 10.7 Å². The van der Waals surface area contributed by atoms with Gasteiger partial charge in [-0.3, -0.25) is 10.1 Å². The fourth-order valence-electron chi connectivity index (χ4n) is 0.984. The highest BCUT2D eigenvalue weighted by atomic mass is 35.5. The largest absolute Gasteiger partial charge is 0.501 e. The van der Waals surface area contributed by atoms with E-state index in [2.05, 4.69) is 0 Å². The number of phenols is 1. The summed E-state index contributed by atoms with van der Waals surface area (Å²) in [4.78, 5) is 9.77. The lowest BCUT2D eigenvalue weighted by atomic mass is 10.1. The van der Waals surface area contributed by atoms with Crippen LogP contribution in [0.4, 0.5) is 5.69 Å². The van der Waals surface area contributed by atoms with Crippen molar-refractivity contribution in [1.29, 1.82) is 0 Å². The van der Waals surface area contributed by atoms with Gasteiger partial charge < -0.3 is 5.11 Å². The number of benzene rings is 1. The lowest BCUT2D eigenvalue weighted by Gasteiger charge is -2.04. The molecule has 1 N–H and O–H groups in total. The number of hydrogen-bond donors (Lipinski definition) is 1. The molecule has 0 spiro atoms. The SMILES string of the molecule is Cc1cc([N+](=O)[O-])c(O)c(Cl)c1C. The zero-order valence-corrected chi connectivity index (χ0v) is 7.92. The molecule has 0 radical (unpaired) electrons. The summed E-state index contributed by atoms with van der Waals surface area (Å²) in [5, 5.41) is 19.8. The first-order valence-corrected chi connectivity index (χ1v) is 3.96. The Hall–Kier alpha value is -1.29. The number of hydrogen-bond acceptors (Lipinski definition) is 3. The Balaban J connectivity index is 3.50. The highest BCUT2D eigenvalue weighted by molar-refractivity contribution is 6.33. The van der Waals surface area contributed by atoms with Gasteiger partial charge in [0.1, 0.15) is 0 Å². The maximum Gasteiger partial charge on any atom is 0.312 e. The third kappa shape index (κ3) is 1.58. The summed E-state index contributed by atoms with van der Waals surface area (Å²) < 4.78 is 0. The molecule has 0 bridgehead atoms. The van der Waals surface area contributed by atoms with Crippen LogP contribution < -0.4 is 0 Å². The van der Waals surface area contributed by atoms with Crippen LogP contribution in [0.3, 0.4) is 0 Å². The molecule has 70 valence electrons. The molecular formula is C8H8ClNO3. The molecule has 1 aromatic rings. The van der Waals surface area contributed by atoms with Crippen molar-refractivity contribution >= 4 is 17.3 Å². The number of aryl methyl sites for hydroxylation is 1. The summed E-state index contributed by atoms with van der Waals surface area (Å²) >= 11 is 5.68. The first-order valence-electron chi connectivity index (χ1n) is 3.58. The number of halogens is 1. The van der Waals surface area contributed by atoms with Crippen LogP contribution in [0, 0.1) is 24.0 Å². The topological polar surface area (TPSA) is 63.4 Å². The Labute approximate surface area is 79.9 Å². The van der Waals surface area contributed by atoms with Crippen LogP contribution in [0.5, 0.6) is 5.75 Å². The van der Waals surface area contributed by atoms with Crippen molar-refractivity contribution in [3.63, 3.8) is 0 Å². The molecule has 0 heterocycles. The standard InChI is InChI=1S/C8H8ClNO3/c1-4-3-6(10(12)13)8(11)7(9)5(4)2/h3,11H,1-2H3. The predicted molar refractivity (Wildman–Crippen MR) is 49.2 cm³/mol. The van der Waals surface area contributed by atoms with Crippen molar-refractivity contribution in [2.24, 2.45) is 0 Å². The molecule has 0 aliphatic rings. The second-order valence-electron chi connectivity index (χ2n) is 2.76. The second kappa shape index (κ2) is 3.22. The number of rotatable bonds is 1. The van der Waals surface area contributed by atoms with Crippen molar-refractivity contribution in [3.05, 3.63) is 32.3 Å². The van der Waals surface area contributed by atoms with E-state index in [1.54, 1.807) is 13.8 Å². The van der Waals surface area contributed by atoms with Crippen LogP contribution >= 0.6 is 11.6 Å². The molecule has 0 amide bonds. The van der Waals surface area contributed by atoms with Crippen LogP contribution in [-0.2, 0) is 0 Å². The van der Waals surface area contributed by atoms with Gasteiger partial charge >= 0.3 is 5.69 Å². The van der Waals surface area contributed by atoms with E-state index in [1.165, 1.54) is 6.07 Å². The summed E-state index contributed by atoms with van der Waals surface area (Å²) in [5.41, 5.74) is 0.993. The molecule has 4 nitrogen and oxygen atoms in total. The van der Waals surface area contributed by atoms with Crippen LogP contribution in [0.1, 0.15) is 11.1 Å². The third-order valence-corrected chi connectivity index (χ3v) is 2.38. The van der Waals surface area contributed by atoms with Gasteiger partial charge in [-0.05, 0) is 25.0 Å². The molecule has 0 aliphatic carbocycles. The molecule has 0 atom stereocenters. The normalized spacial score (nSPS) is 10.1. The fraction of sp³-hybridized carbons (Fsp3) is 0.250. The third-order valence-electron chi connectivity index (χ3n) is 1.92. The maximum absolute atomic E-state index is 10.4. The Morgan fingerprint density at radius 2 is 2.08 bits per heavy atom. The van der Waals surface area contributed by atoms with Crippen molar-refractivity contribution in [1.82, 2.24) is 0 Å². The Kier molecular flexibility index (Phi) is 2.43. The monoisotopic (exact) mass is 201 g/mol. The molecular weight excluding hydrogens is 194 g/mol. The molecule has 0 unspecified atom stereocenters. The van der Waals surface area contributed by atoms with Gasteiger partial charge in [0, 0.05) is 6.07 Å². The lowest BCUT2D eigenvalue weighted by Crippen LogP contribution is -1.92. The van der Waals surface area contributed by atoms with Gasteiger partial charge in [-0.1, -0.05) is 11.6 Å². The van der Waals surface area contributed by atoms with Crippen LogP contribution in [0.15, 0.2) is 6.07 Å². The molecule has 0 saturated carbocycles. The molecule has 0 aliphatic heterocycles. The van der Waals surface area contributed by atoms with Crippen LogP contribution in [0.2, 0.25) is 5.02 Å². The molecule has 1 aromatic carbocycles. The average Bonchev–Trinajstić information content (AvgIpc) is 2.07. The van der Waals surface area contributed by atoms with Gasteiger partial charge in [-0.2, -0.15) is 0 Å². The number of aromatic hydroxyl groups is 1. The van der Waals surface area contributed by atoms with Crippen LogP contribution in [0.25, 0.3) is 0 Å². The number of nitro groups is 1. The van der Waals surface area contributed by atoms with Gasteiger partial charge in [-0.15, -0.1) is 0 Å². The maximum atomic E-state index is 10.4. The van der Waals surface area contributed by atoms with Gasteiger partial charge in [0.15, 0.2) is 0 Å². The van der Waals surface area contributed by atoms with Crippen molar-refractivity contribution in [3.8, 4) is 5.75 Å². The van der Waals surface area contributed by atoms with E-state index in [9.17, 15) is 15.2 Å². The van der Waals surface area contributed by atoms with E-state index in [4.69, 9.17) is 11.6 Å². The zero-order chi connectivity index (χ0) is 10.2. The number of phenolic OH excluding ortho intramolecular Hbond substituents is 1. The highest BCUT2D eigenvalue weighted by Crippen LogP contribution is 2.37. The fourth-order valence-corrected chi connectivity index (χ4v) is 1.23. The van der Waals surface area contributed by atoms with E-state index >= 15 is 0 Å². The molecule has 1 rings (SSSR count).